The van der Waals surface area contributed by atoms with Crippen molar-refractivity contribution >= 4 is 42.0 Å². The molecule has 0 aromatic carbocycles. The minimum atomic E-state index is -0.484. The van der Waals surface area contributed by atoms with Gasteiger partial charge in [-0.05, 0) is 40.0 Å². The fourth-order valence-electron chi connectivity index (χ4n) is 1.72. The number of aliphatic imine (C=N–C) groups is 1. The van der Waals surface area contributed by atoms with Crippen LogP contribution in [-0.2, 0) is 14.3 Å². The first-order valence-electron chi connectivity index (χ1n) is 8.26. The van der Waals surface area contributed by atoms with Crippen molar-refractivity contribution in [3.05, 3.63) is 0 Å². The highest BCUT2D eigenvalue weighted by molar-refractivity contribution is 14.0. The third-order valence-electron chi connectivity index (χ3n) is 2.87. The summed E-state index contributed by atoms with van der Waals surface area (Å²) < 4.78 is 9.73. The van der Waals surface area contributed by atoms with Crippen molar-refractivity contribution in [2.45, 2.75) is 52.1 Å². The van der Waals surface area contributed by atoms with E-state index in [1.165, 1.54) is 7.11 Å². The van der Waals surface area contributed by atoms with E-state index in [9.17, 15) is 9.59 Å². The molecular weight excluding hydrogens is 439 g/mol. The Morgan fingerprint density at radius 1 is 0.960 bits per heavy atom. The topological polar surface area (TPSA) is 101 Å². The highest BCUT2D eigenvalue weighted by atomic mass is 127. The molecule has 0 unspecified atom stereocenters. The Morgan fingerprint density at radius 2 is 1.52 bits per heavy atom. The monoisotopic (exact) mass is 472 g/mol. The number of rotatable bonds is 9. The first kappa shape index (κ1) is 26.0. The van der Waals surface area contributed by atoms with E-state index in [1.807, 2.05) is 20.8 Å². The van der Waals surface area contributed by atoms with Gasteiger partial charge < -0.3 is 25.4 Å². The number of nitrogens with one attached hydrogen (secondary N) is 3. The van der Waals surface area contributed by atoms with E-state index in [4.69, 9.17) is 4.74 Å². The first-order valence-corrected chi connectivity index (χ1v) is 8.26. The minimum absolute atomic E-state index is 0. The lowest BCUT2D eigenvalue weighted by molar-refractivity contribution is -0.140. The van der Waals surface area contributed by atoms with Crippen molar-refractivity contribution in [2.75, 3.05) is 33.8 Å². The van der Waals surface area contributed by atoms with Crippen molar-refractivity contribution in [2.24, 2.45) is 4.99 Å². The number of nitrogens with zero attached hydrogens (tertiary/aromatic N) is 1. The maximum absolute atomic E-state index is 11.5. The third-order valence-corrected chi connectivity index (χ3v) is 2.87. The molecule has 0 saturated carbocycles. The molecule has 9 heteroatoms. The average molecular weight is 472 g/mol. The molecule has 8 nitrogen and oxygen atoms in total. The van der Waals surface area contributed by atoms with Gasteiger partial charge in [0.15, 0.2) is 5.96 Å². The van der Waals surface area contributed by atoms with Crippen LogP contribution in [0.2, 0.25) is 0 Å². The molecule has 0 heterocycles. The van der Waals surface area contributed by atoms with Gasteiger partial charge in [0.05, 0.1) is 7.11 Å². The van der Waals surface area contributed by atoms with E-state index in [1.54, 1.807) is 7.05 Å². The van der Waals surface area contributed by atoms with Gasteiger partial charge in [-0.15, -0.1) is 24.0 Å². The molecule has 25 heavy (non-hydrogen) atoms. The number of alkyl carbamates (subject to hydrolysis) is 1. The summed E-state index contributed by atoms with van der Waals surface area (Å²) in [4.78, 5) is 26.5. The van der Waals surface area contributed by atoms with Crippen molar-refractivity contribution in [3.8, 4) is 0 Å². The molecule has 0 rings (SSSR count). The third kappa shape index (κ3) is 17.4. The Kier molecular flexibility index (Phi) is 15.6. The van der Waals surface area contributed by atoms with Crippen LogP contribution in [0.25, 0.3) is 0 Å². The summed E-state index contributed by atoms with van der Waals surface area (Å²) in [5.74, 6) is 0.514. The van der Waals surface area contributed by atoms with Crippen molar-refractivity contribution in [1.29, 1.82) is 0 Å². The maximum atomic E-state index is 11.5. The Labute approximate surface area is 167 Å². The van der Waals surface area contributed by atoms with Gasteiger partial charge >= 0.3 is 12.1 Å². The molecule has 148 valence electrons. The predicted molar refractivity (Wildman–Crippen MR) is 110 cm³/mol. The normalized spacial score (nSPS) is 11.2. The molecule has 0 fully saturated rings. The van der Waals surface area contributed by atoms with E-state index in [0.29, 0.717) is 25.5 Å². The SMILES string of the molecule is CN=C(NCCCCC(=O)OC)NCCCNC(=O)OC(C)(C)C.I. The Morgan fingerprint density at radius 3 is 2.04 bits per heavy atom. The number of hydrogen-bond donors (Lipinski definition) is 3. The van der Waals surface area contributed by atoms with Crippen LogP contribution in [0.1, 0.15) is 46.5 Å². The summed E-state index contributed by atoms with van der Waals surface area (Å²) in [6.45, 7) is 7.42. The summed E-state index contributed by atoms with van der Waals surface area (Å²) in [5, 5.41) is 9.03. The number of halogens is 1. The van der Waals surface area contributed by atoms with Gasteiger partial charge in [-0.2, -0.15) is 0 Å². The van der Waals surface area contributed by atoms with Crippen LogP contribution < -0.4 is 16.0 Å². The standard InChI is InChI=1S/C16H32N4O4.HI/c1-16(2,3)24-15(22)20-12-8-11-19-14(17-4)18-10-7-6-9-13(21)23-5;/h6-12H2,1-5H3,(H,20,22)(H2,17,18,19);1H. The zero-order chi connectivity index (χ0) is 18.4. The molecule has 0 aromatic rings. The smallest absolute Gasteiger partial charge is 0.407 e. The van der Waals surface area contributed by atoms with Crippen LogP contribution in [0.15, 0.2) is 4.99 Å². The lowest BCUT2D eigenvalue weighted by Gasteiger charge is -2.19. The lowest BCUT2D eigenvalue weighted by atomic mass is 10.2. The molecule has 0 bridgehead atoms. The highest BCUT2D eigenvalue weighted by Gasteiger charge is 2.15. The average Bonchev–Trinajstić information content (AvgIpc) is 2.50. The van der Waals surface area contributed by atoms with Gasteiger partial charge in [0.25, 0.3) is 0 Å². The van der Waals surface area contributed by atoms with Gasteiger partial charge in [0.2, 0.25) is 0 Å². The molecule has 0 aliphatic heterocycles. The predicted octanol–water partition coefficient (Wildman–Crippen LogP) is 2.03. The highest BCUT2D eigenvalue weighted by Crippen LogP contribution is 2.06. The largest absolute Gasteiger partial charge is 0.469 e. The summed E-state index contributed by atoms with van der Waals surface area (Å²) in [7, 11) is 3.09. The molecule has 0 atom stereocenters. The molecule has 0 spiro atoms. The van der Waals surface area contributed by atoms with E-state index < -0.39 is 11.7 Å². The number of carbonyl (C=O) groups is 2. The van der Waals surface area contributed by atoms with Crippen molar-refractivity contribution in [1.82, 2.24) is 16.0 Å². The Hall–Kier alpha value is -1.26. The van der Waals surface area contributed by atoms with Crippen molar-refractivity contribution in [3.63, 3.8) is 0 Å². The Bertz CT molecular complexity index is 411. The lowest BCUT2D eigenvalue weighted by Crippen LogP contribution is -2.39. The zero-order valence-corrected chi connectivity index (χ0v) is 18.3. The van der Waals surface area contributed by atoms with Crippen LogP contribution in [0.4, 0.5) is 4.79 Å². The number of methoxy groups -OCH3 is 1. The molecule has 0 aliphatic carbocycles. The van der Waals surface area contributed by atoms with Crippen LogP contribution in [0.3, 0.4) is 0 Å². The fraction of sp³-hybridized carbons (Fsp3) is 0.812. The van der Waals surface area contributed by atoms with E-state index in [0.717, 1.165) is 25.8 Å². The van der Waals surface area contributed by atoms with Gasteiger partial charge in [0, 0.05) is 33.1 Å². The Balaban J connectivity index is 0. The number of ether oxygens (including phenoxy) is 2. The number of unbranched alkanes of at least 4 members (excludes halogenated alkanes) is 1. The van der Waals surface area contributed by atoms with Gasteiger partial charge in [-0.3, -0.25) is 9.79 Å². The van der Waals surface area contributed by atoms with E-state index >= 15 is 0 Å². The van der Waals surface area contributed by atoms with Crippen LogP contribution in [0, 0.1) is 0 Å². The number of amides is 1. The number of carbonyl (C=O) groups excluding carboxylic acids is 2. The maximum Gasteiger partial charge on any atom is 0.407 e. The fourth-order valence-corrected chi connectivity index (χ4v) is 1.72. The van der Waals surface area contributed by atoms with Gasteiger partial charge in [-0.25, -0.2) is 4.79 Å². The summed E-state index contributed by atoms with van der Waals surface area (Å²) in [6.07, 6.45) is 2.41. The summed E-state index contributed by atoms with van der Waals surface area (Å²) in [5.41, 5.74) is -0.484. The van der Waals surface area contributed by atoms with Crippen LogP contribution in [0.5, 0.6) is 0 Å². The number of guanidine groups is 1. The van der Waals surface area contributed by atoms with Gasteiger partial charge in [-0.1, -0.05) is 0 Å². The van der Waals surface area contributed by atoms with Crippen molar-refractivity contribution < 1.29 is 19.1 Å². The first-order chi connectivity index (χ1) is 11.3. The number of esters is 1. The molecule has 3 N–H and O–H groups in total. The second-order valence-electron chi connectivity index (χ2n) is 6.24. The summed E-state index contributed by atoms with van der Waals surface area (Å²) >= 11 is 0. The molecular formula is C16H33IN4O4. The van der Waals surface area contributed by atoms with Crippen LogP contribution in [-0.4, -0.2) is 57.4 Å². The van der Waals surface area contributed by atoms with Gasteiger partial charge in [0.1, 0.15) is 5.60 Å². The zero-order valence-electron chi connectivity index (χ0n) is 15.9. The van der Waals surface area contributed by atoms with E-state index in [-0.39, 0.29) is 29.9 Å². The minimum Gasteiger partial charge on any atom is -0.469 e. The van der Waals surface area contributed by atoms with E-state index in [2.05, 4.69) is 25.7 Å². The number of hydrogen-bond acceptors (Lipinski definition) is 5. The second kappa shape index (κ2) is 15.0. The summed E-state index contributed by atoms with van der Waals surface area (Å²) in [6, 6.07) is 0. The molecule has 0 radical (unpaired) electrons. The molecule has 1 amide bonds. The molecule has 0 aromatic heterocycles. The van der Waals surface area contributed by atoms with Crippen LogP contribution >= 0.6 is 24.0 Å². The second-order valence-corrected chi connectivity index (χ2v) is 6.24. The quantitative estimate of drug-likeness (QED) is 0.156. The molecule has 0 saturated heterocycles. The molecule has 0 aliphatic rings.